The van der Waals surface area contributed by atoms with Gasteiger partial charge in [-0.05, 0) is 48.6 Å². The maximum absolute atomic E-state index is 6.04. The average Bonchev–Trinajstić information content (AvgIpc) is 3.25. The van der Waals surface area contributed by atoms with Gasteiger partial charge < -0.3 is 5.32 Å². The molecule has 1 aliphatic heterocycles. The number of para-hydroxylation sites is 1. The first kappa shape index (κ1) is 12.9. The monoisotopic (exact) mass is 296 g/mol. The van der Waals surface area contributed by atoms with Crippen LogP contribution in [0.1, 0.15) is 24.0 Å². The lowest BCUT2D eigenvalue weighted by molar-refractivity contribution is 0.676. The molecule has 4 rings (SSSR count). The first-order valence-corrected chi connectivity index (χ1v) is 7.77. The van der Waals surface area contributed by atoms with E-state index in [2.05, 4.69) is 35.6 Å². The van der Waals surface area contributed by atoms with Crippen molar-refractivity contribution in [1.29, 1.82) is 0 Å². The van der Waals surface area contributed by atoms with Gasteiger partial charge in [0.25, 0.3) is 0 Å². The number of nitrogens with one attached hydrogen (secondary N) is 1. The maximum Gasteiger partial charge on any atom is 0.108 e. The summed E-state index contributed by atoms with van der Waals surface area (Å²) in [5.74, 6) is 1.15. The molecule has 1 saturated carbocycles. The van der Waals surface area contributed by atoms with Crippen LogP contribution in [-0.2, 0) is 13.0 Å². The minimum absolute atomic E-state index is 0.271. The van der Waals surface area contributed by atoms with Crippen molar-refractivity contribution in [2.45, 2.75) is 25.8 Å². The molecule has 21 heavy (non-hydrogen) atoms. The van der Waals surface area contributed by atoms with E-state index in [1.807, 2.05) is 18.2 Å². The average molecular weight is 297 g/mol. The maximum atomic E-state index is 6.04. The van der Waals surface area contributed by atoms with E-state index in [0.717, 1.165) is 22.8 Å². The first-order chi connectivity index (χ1) is 10.3. The second-order valence-corrected chi connectivity index (χ2v) is 6.47. The molecule has 1 aliphatic carbocycles. The summed E-state index contributed by atoms with van der Waals surface area (Å²) in [5.41, 5.74) is 4.05. The van der Waals surface area contributed by atoms with Crippen LogP contribution in [0.2, 0.25) is 5.02 Å². The molecule has 0 unspecified atom stereocenters. The zero-order valence-corrected chi connectivity index (χ0v) is 12.5. The van der Waals surface area contributed by atoms with Crippen molar-refractivity contribution in [1.82, 2.24) is 0 Å². The lowest BCUT2D eigenvalue weighted by Crippen LogP contribution is -2.31. The lowest BCUT2D eigenvalue weighted by atomic mass is 9.90. The van der Waals surface area contributed by atoms with Crippen LogP contribution in [0.3, 0.4) is 0 Å². The highest BCUT2D eigenvalue weighted by atomic mass is 35.5. The molecule has 1 fully saturated rings. The van der Waals surface area contributed by atoms with Crippen molar-refractivity contribution in [2.24, 2.45) is 10.4 Å². The van der Waals surface area contributed by atoms with Crippen LogP contribution < -0.4 is 5.32 Å². The van der Waals surface area contributed by atoms with E-state index in [0.29, 0.717) is 6.54 Å². The Morgan fingerprint density at radius 2 is 1.95 bits per heavy atom. The molecule has 2 nitrogen and oxygen atoms in total. The predicted molar refractivity (Wildman–Crippen MR) is 88.0 cm³/mol. The topological polar surface area (TPSA) is 24.4 Å². The molecule has 106 valence electrons. The molecule has 0 saturated heterocycles. The van der Waals surface area contributed by atoms with Crippen molar-refractivity contribution in [3.8, 4) is 0 Å². The fourth-order valence-electron chi connectivity index (χ4n) is 3.08. The molecule has 2 aliphatic rings. The van der Waals surface area contributed by atoms with Gasteiger partial charge in [0.15, 0.2) is 0 Å². The van der Waals surface area contributed by atoms with Gasteiger partial charge in [-0.3, -0.25) is 4.99 Å². The SMILES string of the molecule is Clc1cccc(CN=C2Nc3ccccc3CC23CC3)c1. The van der Waals surface area contributed by atoms with Crippen molar-refractivity contribution in [3.05, 3.63) is 64.7 Å². The van der Waals surface area contributed by atoms with Gasteiger partial charge in [-0.15, -0.1) is 0 Å². The van der Waals surface area contributed by atoms with Crippen LogP contribution in [0.15, 0.2) is 53.5 Å². The summed E-state index contributed by atoms with van der Waals surface area (Å²) >= 11 is 6.04. The van der Waals surface area contributed by atoms with Crippen molar-refractivity contribution >= 4 is 23.1 Å². The quantitative estimate of drug-likeness (QED) is 0.854. The van der Waals surface area contributed by atoms with Crippen LogP contribution in [0.4, 0.5) is 5.69 Å². The summed E-state index contributed by atoms with van der Waals surface area (Å²) in [6, 6.07) is 16.5. The van der Waals surface area contributed by atoms with Gasteiger partial charge in [0.05, 0.1) is 6.54 Å². The second-order valence-electron chi connectivity index (χ2n) is 6.03. The third-order valence-electron chi connectivity index (χ3n) is 4.46. The molecule has 0 radical (unpaired) electrons. The summed E-state index contributed by atoms with van der Waals surface area (Å²) in [6.07, 6.45) is 3.59. The van der Waals surface area contributed by atoms with E-state index in [9.17, 15) is 0 Å². The van der Waals surface area contributed by atoms with Gasteiger partial charge >= 0.3 is 0 Å². The van der Waals surface area contributed by atoms with Crippen molar-refractivity contribution in [3.63, 3.8) is 0 Å². The highest BCUT2D eigenvalue weighted by molar-refractivity contribution is 6.30. The minimum atomic E-state index is 0.271. The van der Waals surface area contributed by atoms with Gasteiger partial charge in [-0.2, -0.15) is 0 Å². The molecule has 0 aromatic heterocycles. The molecule has 1 spiro atoms. The molecule has 1 heterocycles. The number of rotatable bonds is 2. The van der Waals surface area contributed by atoms with Gasteiger partial charge in [-0.25, -0.2) is 0 Å². The number of hydrogen-bond donors (Lipinski definition) is 1. The first-order valence-electron chi connectivity index (χ1n) is 7.40. The fourth-order valence-corrected chi connectivity index (χ4v) is 3.30. The van der Waals surface area contributed by atoms with Gasteiger partial charge in [0, 0.05) is 16.1 Å². The Kier molecular flexibility index (Phi) is 3.00. The number of hydrogen-bond acceptors (Lipinski definition) is 1. The molecule has 1 N–H and O–H groups in total. The third-order valence-corrected chi connectivity index (χ3v) is 4.70. The van der Waals surface area contributed by atoms with Crippen LogP contribution in [0, 0.1) is 5.41 Å². The number of benzene rings is 2. The van der Waals surface area contributed by atoms with E-state index in [4.69, 9.17) is 16.6 Å². The van der Waals surface area contributed by atoms with Crippen LogP contribution >= 0.6 is 11.6 Å². The third kappa shape index (κ3) is 2.44. The standard InChI is InChI=1S/C18H17ClN2/c19-15-6-3-4-13(10-15)12-20-17-18(8-9-18)11-14-5-1-2-7-16(14)21-17/h1-7,10H,8-9,11-12H2,(H,20,21). The number of anilines is 1. The van der Waals surface area contributed by atoms with E-state index >= 15 is 0 Å². The Bertz CT molecular complexity index is 717. The van der Waals surface area contributed by atoms with Crippen LogP contribution in [-0.4, -0.2) is 5.84 Å². The smallest absolute Gasteiger partial charge is 0.108 e. The number of fused-ring (bicyclic) bond motifs is 1. The number of amidine groups is 1. The second kappa shape index (κ2) is 4.88. The Balaban J connectivity index is 1.61. The van der Waals surface area contributed by atoms with Gasteiger partial charge in [-0.1, -0.05) is 41.9 Å². The molecule has 0 bridgehead atoms. The fraction of sp³-hybridized carbons (Fsp3) is 0.278. The van der Waals surface area contributed by atoms with E-state index in [1.54, 1.807) is 0 Å². The van der Waals surface area contributed by atoms with Crippen molar-refractivity contribution < 1.29 is 0 Å². The Morgan fingerprint density at radius 3 is 2.76 bits per heavy atom. The molecular weight excluding hydrogens is 280 g/mol. The summed E-state index contributed by atoms with van der Waals surface area (Å²) in [5, 5.41) is 4.33. The zero-order valence-electron chi connectivity index (χ0n) is 11.8. The minimum Gasteiger partial charge on any atom is -0.343 e. The van der Waals surface area contributed by atoms with Crippen molar-refractivity contribution in [2.75, 3.05) is 5.32 Å². The largest absolute Gasteiger partial charge is 0.343 e. The summed E-state index contributed by atoms with van der Waals surface area (Å²) in [7, 11) is 0. The Labute approximate surface area is 129 Å². The highest BCUT2D eigenvalue weighted by Crippen LogP contribution is 2.53. The number of halogens is 1. The summed E-state index contributed by atoms with van der Waals surface area (Å²) < 4.78 is 0. The molecule has 2 aromatic carbocycles. The van der Waals surface area contributed by atoms with Crippen LogP contribution in [0.5, 0.6) is 0 Å². The van der Waals surface area contributed by atoms with E-state index in [-0.39, 0.29) is 5.41 Å². The zero-order chi connectivity index (χ0) is 14.3. The van der Waals surface area contributed by atoms with Gasteiger partial charge in [0.2, 0.25) is 0 Å². The lowest BCUT2D eigenvalue weighted by Gasteiger charge is -2.28. The Hall–Kier alpha value is -1.80. The predicted octanol–water partition coefficient (Wildman–Crippen LogP) is 4.69. The number of nitrogens with zero attached hydrogens (tertiary/aromatic N) is 1. The molecule has 0 amide bonds. The summed E-state index contributed by atoms with van der Waals surface area (Å²) in [4.78, 5) is 4.86. The molecule has 2 aromatic rings. The molecule has 0 atom stereocenters. The Morgan fingerprint density at radius 1 is 1.10 bits per heavy atom. The molecule has 3 heteroatoms. The normalized spacial score (nSPS) is 20.1. The summed E-state index contributed by atoms with van der Waals surface area (Å²) in [6.45, 7) is 0.687. The van der Waals surface area contributed by atoms with E-state index < -0.39 is 0 Å². The highest BCUT2D eigenvalue weighted by Gasteiger charge is 2.49. The number of aliphatic imine (C=N–C) groups is 1. The van der Waals surface area contributed by atoms with E-state index in [1.165, 1.54) is 24.1 Å². The van der Waals surface area contributed by atoms with Gasteiger partial charge in [0.1, 0.15) is 5.84 Å². The molecular formula is C18H17ClN2. The van der Waals surface area contributed by atoms with Crippen LogP contribution in [0.25, 0.3) is 0 Å².